The molecule has 1 spiro atoms. The van der Waals surface area contributed by atoms with Crippen molar-refractivity contribution >= 4 is 5.97 Å². The van der Waals surface area contributed by atoms with Crippen LogP contribution >= 0.6 is 0 Å². The highest BCUT2D eigenvalue weighted by Gasteiger charge is 2.76. The van der Waals surface area contributed by atoms with E-state index in [9.17, 15) is 15.0 Å². The maximum atomic E-state index is 13.0. The summed E-state index contributed by atoms with van der Waals surface area (Å²) in [6.45, 7) is 4.92. The molecule has 2 aromatic carbocycles. The van der Waals surface area contributed by atoms with Gasteiger partial charge in [0.2, 0.25) is 0 Å². The lowest BCUT2D eigenvalue weighted by Gasteiger charge is -2.52. The average molecular weight is 478 g/mol. The Bertz CT molecular complexity index is 1240. The molecule has 2 aromatic rings. The molecule has 6 rings (SSSR count). The highest BCUT2D eigenvalue weighted by Crippen LogP contribution is 2.68. The van der Waals surface area contributed by atoms with Crippen LogP contribution in [0.5, 0.6) is 11.5 Å². The van der Waals surface area contributed by atoms with Gasteiger partial charge in [-0.05, 0) is 56.0 Å². The maximum Gasteiger partial charge on any atom is 0.344 e. The number of ether oxygens (including phenoxy) is 3. The minimum atomic E-state index is -1.41. The Labute approximate surface area is 204 Å². The first-order valence-corrected chi connectivity index (χ1v) is 12.2. The monoisotopic (exact) mass is 477 g/mol. The Kier molecular flexibility index (Phi) is 4.88. The van der Waals surface area contributed by atoms with Crippen molar-refractivity contribution in [1.82, 2.24) is 4.90 Å². The van der Waals surface area contributed by atoms with Gasteiger partial charge in [0.25, 0.3) is 0 Å². The Balaban J connectivity index is 1.45. The van der Waals surface area contributed by atoms with Crippen LogP contribution in [0.1, 0.15) is 41.2 Å². The van der Waals surface area contributed by atoms with Gasteiger partial charge in [-0.15, -0.1) is 0 Å². The zero-order valence-electron chi connectivity index (χ0n) is 20.4. The van der Waals surface area contributed by atoms with E-state index in [-0.39, 0.29) is 6.04 Å². The number of esters is 1. The van der Waals surface area contributed by atoms with E-state index >= 15 is 0 Å². The van der Waals surface area contributed by atoms with Crippen LogP contribution in [0.25, 0.3) is 0 Å². The molecule has 0 aromatic heterocycles. The SMILES string of the molecule is COc1c(C)cc(C)c2c1OC1C(OC(=O)[C@@H](O)c3ccccc3)=CC[C@@]3(O)[C@H]4C(CN4C)CC213. The molecule has 4 aliphatic rings. The summed E-state index contributed by atoms with van der Waals surface area (Å²) in [7, 11) is 3.66. The number of methoxy groups -OCH3 is 1. The van der Waals surface area contributed by atoms with Crippen LogP contribution in [-0.4, -0.2) is 59.5 Å². The van der Waals surface area contributed by atoms with Crippen LogP contribution in [0, 0.1) is 19.8 Å². The zero-order chi connectivity index (χ0) is 24.7. The third-order valence-electron chi connectivity index (χ3n) is 8.67. The molecule has 2 aliphatic carbocycles. The molecule has 7 heteroatoms. The van der Waals surface area contributed by atoms with Crippen molar-refractivity contribution < 1.29 is 29.2 Å². The molecule has 1 saturated heterocycles. The number of rotatable bonds is 4. The molecule has 0 amide bonds. The van der Waals surface area contributed by atoms with Crippen molar-refractivity contribution in [3.8, 4) is 11.5 Å². The number of benzene rings is 2. The van der Waals surface area contributed by atoms with Crippen molar-refractivity contribution in [2.45, 2.75) is 56.0 Å². The lowest BCUT2D eigenvalue weighted by atomic mass is 9.60. The Morgan fingerprint density at radius 2 is 1.97 bits per heavy atom. The third-order valence-corrected chi connectivity index (χ3v) is 8.67. The smallest absolute Gasteiger partial charge is 0.344 e. The van der Waals surface area contributed by atoms with Gasteiger partial charge in [-0.1, -0.05) is 36.4 Å². The van der Waals surface area contributed by atoms with Gasteiger partial charge in [0.05, 0.1) is 18.1 Å². The van der Waals surface area contributed by atoms with E-state index in [0.717, 1.165) is 29.7 Å². The van der Waals surface area contributed by atoms with Gasteiger partial charge in [-0.2, -0.15) is 0 Å². The van der Waals surface area contributed by atoms with Gasteiger partial charge in [0.1, 0.15) is 5.76 Å². The van der Waals surface area contributed by atoms with Crippen molar-refractivity contribution in [3.05, 3.63) is 70.5 Å². The molecule has 3 unspecified atom stereocenters. The number of nitrogens with zero attached hydrogens (tertiary/aromatic N) is 1. The molecule has 35 heavy (non-hydrogen) atoms. The van der Waals surface area contributed by atoms with Gasteiger partial charge < -0.3 is 24.4 Å². The van der Waals surface area contributed by atoms with Crippen molar-refractivity contribution in [3.63, 3.8) is 0 Å². The first kappa shape index (κ1) is 22.6. The van der Waals surface area contributed by atoms with Gasteiger partial charge >= 0.3 is 5.97 Å². The minimum absolute atomic E-state index is 0.00495. The van der Waals surface area contributed by atoms with Gasteiger partial charge in [0.15, 0.2) is 23.7 Å². The lowest BCUT2D eigenvalue weighted by Crippen LogP contribution is -2.67. The Hall–Kier alpha value is -2.87. The molecular weight excluding hydrogens is 446 g/mol. The molecule has 2 N–H and O–H groups in total. The molecule has 2 fully saturated rings. The van der Waals surface area contributed by atoms with Crippen molar-refractivity contribution in [2.24, 2.45) is 5.92 Å². The molecule has 1 saturated carbocycles. The largest absolute Gasteiger partial charge is 0.493 e. The fourth-order valence-electron chi connectivity index (χ4n) is 7.45. The van der Waals surface area contributed by atoms with Crippen LogP contribution < -0.4 is 9.47 Å². The number of hydrogen-bond acceptors (Lipinski definition) is 7. The quantitative estimate of drug-likeness (QED) is 0.655. The summed E-state index contributed by atoms with van der Waals surface area (Å²) < 4.78 is 18.2. The maximum absolute atomic E-state index is 13.0. The summed E-state index contributed by atoms with van der Waals surface area (Å²) in [5, 5.41) is 23.0. The van der Waals surface area contributed by atoms with E-state index in [1.54, 1.807) is 37.5 Å². The van der Waals surface area contributed by atoms with E-state index < -0.39 is 29.2 Å². The predicted octanol–water partition coefficient (Wildman–Crippen LogP) is 2.94. The van der Waals surface area contributed by atoms with Crippen LogP contribution in [0.3, 0.4) is 0 Å². The standard InChI is InChI=1S/C28H31NO6/c1-15-12-16(2)22(33-4)23-20(15)27-13-18-14-29(3)24(18)28(27,32)11-10-19(25(27)35-23)34-26(31)21(30)17-8-6-5-7-9-17/h5-10,12,18,21,24-25,30,32H,11,13-14H2,1-4H3/t18?,21-,24+,25?,27?,28+/m0/s1. The molecule has 0 bridgehead atoms. The van der Waals surface area contributed by atoms with E-state index in [4.69, 9.17) is 14.2 Å². The summed E-state index contributed by atoms with van der Waals surface area (Å²) in [4.78, 5) is 15.2. The molecule has 2 heterocycles. The molecule has 0 radical (unpaired) electrons. The third kappa shape index (κ3) is 2.80. The second-order valence-electron chi connectivity index (χ2n) is 10.5. The van der Waals surface area contributed by atoms with Crippen LogP contribution in [-0.2, 0) is 14.9 Å². The summed E-state index contributed by atoms with van der Waals surface area (Å²) >= 11 is 0. The summed E-state index contributed by atoms with van der Waals surface area (Å²) in [6, 6.07) is 10.8. The summed E-state index contributed by atoms with van der Waals surface area (Å²) in [5.74, 6) is 1.14. The first-order valence-electron chi connectivity index (χ1n) is 12.2. The lowest BCUT2D eigenvalue weighted by molar-refractivity contribution is -0.155. The number of aliphatic hydroxyl groups is 2. The average Bonchev–Trinajstić information content (AvgIpc) is 3.28. The molecule has 7 nitrogen and oxygen atoms in total. The van der Waals surface area contributed by atoms with Crippen LogP contribution in [0.15, 0.2) is 48.2 Å². The number of carbonyl (C=O) groups excluding carboxylic acids is 1. The number of aryl methyl sites for hydroxylation is 2. The zero-order valence-corrected chi connectivity index (χ0v) is 20.4. The van der Waals surface area contributed by atoms with E-state index in [2.05, 4.69) is 11.0 Å². The van der Waals surface area contributed by atoms with Crippen LogP contribution in [0.2, 0.25) is 0 Å². The number of hydrogen-bond donors (Lipinski definition) is 2. The number of likely N-dealkylation sites (tertiary alicyclic amines) is 1. The van der Waals surface area contributed by atoms with E-state index in [1.165, 1.54) is 0 Å². The predicted molar refractivity (Wildman–Crippen MR) is 128 cm³/mol. The number of fused-ring (bicyclic) bond motifs is 3. The van der Waals surface area contributed by atoms with Crippen LogP contribution in [0.4, 0.5) is 0 Å². The number of likely N-dealkylation sites (N-methyl/N-ethyl adjacent to an activating group) is 1. The van der Waals surface area contributed by atoms with Gasteiger partial charge in [-0.25, -0.2) is 4.79 Å². The number of carbonyl (C=O) groups is 1. The number of aliphatic hydroxyl groups excluding tert-OH is 1. The fourth-order valence-corrected chi connectivity index (χ4v) is 7.45. The van der Waals surface area contributed by atoms with Gasteiger partial charge in [-0.3, -0.25) is 4.90 Å². The highest BCUT2D eigenvalue weighted by atomic mass is 16.6. The Morgan fingerprint density at radius 3 is 2.66 bits per heavy atom. The molecule has 6 atom stereocenters. The summed E-state index contributed by atoms with van der Waals surface area (Å²) in [5.41, 5.74) is 1.52. The summed E-state index contributed by atoms with van der Waals surface area (Å²) in [6.07, 6.45) is 0.711. The highest BCUT2D eigenvalue weighted by molar-refractivity contribution is 5.77. The molecule has 2 aliphatic heterocycles. The van der Waals surface area contributed by atoms with E-state index in [0.29, 0.717) is 35.2 Å². The van der Waals surface area contributed by atoms with Crippen molar-refractivity contribution in [2.75, 3.05) is 20.7 Å². The van der Waals surface area contributed by atoms with Crippen molar-refractivity contribution in [1.29, 1.82) is 0 Å². The second-order valence-corrected chi connectivity index (χ2v) is 10.5. The molecule has 184 valence electrons. The van der Waals surface area contributed by atoms with Gasteiger partial charge in [0, 0.05) is 24.6 Å². The normalized spacial score (nSPS) is 33.3. The topological polar surface area (TPSA) is 88.5 Å². The second kappa shape index (κ2) is 7.56. The first-order chi connectivity index (χ1) is 16.7. The molecular formula is C28H31NO6. The minimum Gasteiger partial charge on any atom is -0.493 e. The van der Waals surface area contributed by atoms with E-state index in [1.807, 2.05) is 27.0 Å². The fraction of sp³-hybridized carbons (Fsp3) is 0.464. The Morgan fingerprint density at radius 1 is 1.23 bits per heavy atom.